The molecule has 0 aliphatic carbocycles. The molecule has 2 heterocycles. The molecule has 0 unspecified atom stereocenters. The number of fused-ring (bicyclic) bond motifs is 1. The number of amides is 1. The van der Waals surface area contributed by atoms with Crippen molar-refractivity contribution >= 4 is 34.0 Å². The Morgan fingerprint density at radius 3 is 2.81 bits per heavy atom. The molecule has 2 N–H and O–H groups in total. The Hall–Kier alpha value is -1.19. The number of carbonyl (C=O) groups is 1. The predicted octanol–water partition coefficient (Wildman–Crippen LogP) is 1.41. The summed E-state index contributed by atoms with van der Waals surface area (Å²) >= 11 is 2.83. The van der Waals surface area contributed by atoms with Gasteiger partial charge in [0.2, 0.25) is 10.9 Å². The molecular weight excluding hydrogens is 308 g/mol. The summed E-state index contributed by atoms with van der Waals surface area (Å²) in [5.74, 6) is 1.42. The Kier molecular flexibility index (Phi) is 5.17. The molecule has 0 saturated carbocycles. The summed E-state index contributed by atoms with van der Waals surface area (Å²) in [6, 6.07) is -0.187. The molecular formula is C12H20N6OS2. The number of nitrogens with zero attached hydrogens (tertiary/aromatic N) is 5. The number of thioether (sulfide) groups is 1. The van der Waals surface area contributed by atoms with Gasteiger partial charge in [-0.1, -0.05) is 43.4 Å². The summed E-state index contributed by atoms with van der Waals surface area (Å²) in [5.41, 5.74) is 6.20. The summed E-state index contributed by atoms with van der Waals surface area (Å²) in [5, 5.41) is 12.7. The first-order valence-corrected chi connectivity index (χ1v) is 8.54. The zero-order valence-electron chi connectivity index (χ0n) is 12.6. The molecule has 0 radical (unpaired) electrons. The molecule has 0 aliphatic heterocycles. The lowest BCUT2D eigenvalue weighted by Gasteiger charge is -2.15. The highest BCUT2D eigenvalue weighted by atomic mass is 32.2. The van der Waals surface area contributed by atoms with Gasteiger partial charge in [-0.15, -0.1) is 15.3 Å². The lowest BCUT2D eigenvalue weighted by atomic mass is 10.00. The number of aromatic nitrogens is 4. The summed E-state index contributed by atoms with van der Waals surface area (Å²) in [4.78, 5) is 13.9. The molecule has 0 saturated heterocycles. The van der Waals surface area contributed by atoms with E-state index in [2.05, 4.69) is 29.1 Å². The third-order valence-electron chi connectivity index (χ3n) is 3.37. The molecule has 1 amide bonds. The maximum atomic E-state index is 11.6. The summed E-state index contributed by atoms with van der Waals surface area (Å²) in [7, 11) is 3.48. The number of hydrogen-bond donors (Lipinski definition) is 1. The van der Waals surface area contributed by atoms with Gasteiger partial charge < -0.3 is 10.6 Å². The second-order valence-electron chi connectivity index (χ2n) is 5.11. The van der Waals surface area contributed by atoms with Crippen LogP contribution in [-0.2, 0) is 4.79 Å². The van der Waals surface area contributed by atoms with Gasteiger partial charge in [0, 0.05) is 14.1 Å². The van der Waals surface area contributed by atoms with Crippen LogP contribution in [0.2, 0.25) is 0 Å². The Bertz CT molecular complexity index is 622. The largest absolute Gasteiger partial charge is 0.348 e. The number of carbonyl (C=O) groups excluding carboxylic acids is 1. The lowest BCUT2D eigenvalue weighted by Crippen LogP contribution is -2.23. The highest BCUT2D eigenvalue weighted by Crippen LogP contribution is 2.27. The van der Waals surface area contributed by atoms with Crippen LogP contribution in [-0.4, -0.2) is 50.5 Å². The number of rotatable bonds is 6. The Morgan fingerprint density at radius 2 is 2.19 bits per heavy atom. The number of nitrogens with two attached hydrogens (primary N) is 1. The third-order valence-corrected chi connectivity index (χ3v) is 5.39. The van der Waals surface area contributed by atoms with Crippen LogP contribution >= 0.6 is 23.1 Å². The first-order chi connectivity index (χ1) is 9.93. The van der Waals surface area contributed by atoms with Gasteiger partial charge in [0.1, 0.15) is 0 Å². The van der Waals surface area contributed by atoms with Crippen LogP contribution < -0.4 is 5.73 Å². The fraction of sp³-hybridized carbons (Fsp3) is 0.667. The normalized spacial score (nSPS) is 14.3. The maximum absolute atomic E-state index is 11.6. The molecule has 2 aromatic rings. The molecule has 2 atom stereocenters. The fourth-order valence-electron chi connectivity index (χ4n) is 1.64. The predicted molar refractivity (Wildman–Crippen MR) is 84.5 cm³/mol. The minimum Gasteiger partial charge on any atom is -0.348 e. The van der Waals surface area contributed by atoms with E-state index >= 15 is 0 Å². The monoisotopic (exact) mass is 328 g/mol. The van der Waals surface area contributed by atoms with E-state index in [0.717, 1.165) is 10.8 Å². The smallest absolute Gasteiger partial charge is 0.235 e. The van der Waals surface area contributed by atoms with Gasteiger partial charge in [0.15, 0.2) is 10.2 Å². The second kappa shape index (κ2) is 6.71. The van der Waals surface area contributed by atoms with Gasteiger partial charge in [-0.3, -0.25) is 4.79 Å². The molecule has 2 rings (SSSR count). The van der Waals surface area contributed by atoms with Gasteiger partial charge in [0.05, 0.1) is 11.8 Å². The molecule has 116 valence electrons. The van der Waals surface area contributed by atoms with Gasteiger partial charge in [-0.05, 0) is 5.92 Å². The van der Waals surface area contributed by atoms with E-state index < -0.39 is 0 Å². The van der Waals surface area contributed by atoms with Crippen LogP contribution in [0.3, 0.4) is 0 Å². The molecule has 7 nitrogen and oxygen atoms in total. The minimum absolute atomic E-state index is 0.0579. The molecule has 0 bridgehead atoms. The van der Waals surface area contributed by atoms with Crippen LogP contribution in [0.15, 0.2) is 4.34 Å². The molecule has 0 aromatic carbocycles. The highest BCUT2D eigenvalue weighted by Gasteiger charge is 2.22. The van der Waals surface area contributed by atoms with E-state index in [1.807, 2.05) is 0 Å². The number of hydrogen-bond acceptors (Lipinski definition) is 7. The Labute approximate surface area is 131 Å². The second-order valence-corrected chi connectivity index (χ2v) is 7.29. The van der Waals surface area contributed by atoms with Crippen LogP contribution in [0, 0.1) is 5.92 Å². The van der Waals surface area contributed by atoms with Crippen molar-refractivity contribution in [2.24, 2.45) is 11.7 Å². The molecule has 21 heavy (non-hydrogen) atoms. The first kappa shape index (κ1) is 16.2. The maximum Gasteiger partial charge on any atom is 0.235 e. The van der Waals surface area contributed by atoms with Gasteiger partial charge in [-0.2, -0.15) is 4.52 Å². The van der Waals surface area contributed by atoms with Gasteiger partial charge >= 0.3 is 0 Å². The van der Waals surface area contributed by atoms with E-state index in [4.69, 9.17) is 5.73 Å². The van der Waals surface area contributed by atoms with E-state index in [9.17, 15) is 4.79 Å². The van der Waals surface area contributed by atoms with Crippen molar-refractivity contribution in [1.29, 1.82) is 0 Å². The minimum atomic E-state index is -0.187. The highest BCUT2D eigenvalue weighted by molar-refractivity contribution is 8.01. The topological polar surface area (TPSA) is 89.4 Å². The van der Waals surface area contributed by atoms with Crippen molar-refractivity contribution in [2.75, 3.05) is 19.8 Å². The van der Waals surface area contributed by atoms with Crippen molar-refractivity contribution in [3.05, 3.63) is 5.82 Å². The Balaban J connectivity index is 2.15. The van der Waals surface area contributed by atoms with E-state index in [1.54, 1.807) is 23.5 Å². The van der Waals surface area contributed by atoms with Gasteiger partial charge in [0.25, 0.3) is 0 Å². The van der Waals surface area contributed by atoms with Crippen molar-refractivity contribution < 1.29 is 4.79 Å². The van der Waals surface area contributed by atoms with Crippen LogP contribution in [0.1, 0.15) is 32.1 Å². The fourth-order valence-corrected chi connectivity index (χ4v) is 3.50. The molecule has 2 aromatic heterocycles. The van der Waals surface area contributed by atoms with Crippen LogP contribution in [0.25, 0.3) is 4.96 Å². The third kappa shape index (κ3) is 3.53. The standard InChI is InChI=1S/C12H20N6OS2/c1-5-7(2)9(13)10-14-15-11-18(10)16-12(21-11)20-6-8(19)17(3)4/h7,9H,5-6,13H2,1-4H3/t7-,9-/m0/s1. The Morgan fingerprint density at radius 1 is 1.48 bits per heavy atom. The summed E-state index contributed by atoms with van der Waals surface area (Å²) in [6.45, 7) is 4.18. The molecule has 0 fully saturated rings. The van der Waals surface area contributed by atoms with Crippen molar-refractivity contribution in [1.82, 2.24) is 24.7 Å². The zero-order valence-corrected chi connectivity index (χ0v) is 14.2. The van der Waals surface area contributed by atoms with Gasteiger partial charge in [-0.25, -0.2) is 0 Å². The van der Waals surface area contributed by atoms with Crippen molar-refractivity contribution in [3.8, 4) is 0 Å². The van der Waals surface area contributed by atoms with Crippen LogP contribution in [0.4, 0.5) is 0 Å². The molecule has 9 heteroatoms. The zero-order chi connectivity index (χ0) is 15.6. The quantitative estimate of drug-likeness (QED) is 0.807. The lowest BCUT2D eigenvalue weighted by molar-refractivity contribution is -0.125. The van der Waals surface area contributed by atoms with Crippen molar-refractivity contribution in [3.63, 3.8) is 0 Å². The van der Waals surface area contributed by atoms with E-state index in [0.29, 0.717) is 22.5 Å². The average Bonchev–Trinajstić information content (AvgIpc) is 3.02. The van der Waals surface area contributed by atoms with E-state index in [1.165, 1.54) is 23.1 Å². The average molecular weight is 328 g/mol. The molecule has 0 aliphatic rings. The first-order valence-electron chi connectivity index (χ1n) is 6.74. The summed E-state index contributed by atoms with van der Waals surface area (Å²) < 4.78 is 2.50. The van der Waals surface area contributed by atoms with Crippen molar-refractivity contribution in [2.45, 2.75) is 30.6 Å². The van der Waals surface area contributed by atoms with Crippen LogP contribution in [0.5, 0.6) is 0 Å². The SMILES string of the molecule is CC[C@H](C)[C@H](N)c1nnc2sc(SCC(=O)N(C)C)nn12. The summed E-state index contributed by atoms with van der Waals surface area (Å²) in [6.07, 6.45) is 0.971. The molecule has 0 spiro atoms. The van der Waals surface area contributed by atoms with E-state index in [-0.39, 0.29) is 11.9 Å².